The Bertz CT molecular complexity index is 51.0. The van der Waals surface area contributed by atoms with Gasteiger partial charge >= 0.3 is 38.6 Å². The van der Waals surface area contributed by atoms with Crippen LogP contribution < -0.4 is 35.3 Å². The zero-order valence-corrected chi connectivity index (χ0v) is 8.99. The summed E-state index contributed by atoms with van der Waals surface area (Å²) in [5, 5.41) is 0. The fourth-order valence-corrected chi connectivity index (χ4v) is 0. The molecule has 0 heterocycles. The minimum atomic E-state index is -4.61. The molecule has 0 aromatic heterocycles. The Balaban J connectivity index is -0.0000000910. The molecule has 0 atom stereocenters. The summed E-state index contributed by atoms with van der Waals surface area (Å²) in [5.41, 5.74) is 4.97. The van der Waals surface area contributed by atoms with Crippen LogP contribution >= 0.6 is 0 Å². The topological polar surface area (TPSA) is 107 Å². The maximum atomic E-state index is 7.33. The van der Waals surface area contributed by atoms with Gasteiger partial charge in [-0.05, 0) is 6.54 Å². The fraction of sp³-hybridized carbons (Fsp3) is 0.667. The van der Waals surface area contributed by atoms with Crippen LogP contribution in [0, 0.1) is 6.92 Å². The molecule has 0 saturated heterocycles. The molecule has 5 nitrogen and oxygen atoms in total. The first-order chi connectivity index (χ1) is 3.91. The first-order valence-electron chi connectivity index (χ1n) is 2.30. The molecule has 0 saturated carbocycles. The minimum absolute atomic E-state index is 0. The van der Waals surface area contributed by atoms with Crippen LogP contribution in [0.2, 0.25) is 0 Å². The zero-order valence-electron chi connectivity index (χ0n) is 5.99. The van der Waals surface area contributed by atoms with E-state index in [1.54, 1.807) is 0 Å². The third-order valence-corrected chi connectivity index (χ3v) is 0.204. The second kappa shape index (κ2) is 10.0. The van der Waals surface area contributed by atoms with Crippen LogP contribution in [-0.2, 0) is 0 Å². The molecule has 0 aromatic carbocycles. The van der Waals surface area contributed by atoms with Gasteiger partial charge in [-0.1, -0.05) is 0 Å². The average Bonchev–Trinajstić information content (AvgIpc) is 1.61. The molecule has 0 amide bonds. The summed E-state index contributed by atoms with van der Waals surface area (Å²) >= 11 is 0. The van der Waals surface area contributed by atoms with E-state index in [0.717, 1.165) is 6.42 Å². The number of nitrogens with two attached hydrogens (primary N) is 1. The Labute approximate surface area is 83.3 Å². The van der Waals surface area contributed by atoms with E-state index in [2.05, 4.69) is 6.92 Å². The van der Waals surface area contributed by atoms with Gasteiger partial charge in [0.2, 0.25) is 0 Å². The molecule has 0 bridgehead atoms. The summed E-state index contributed by atoms with van der Waals surface area (Å²) in [6.45, 7) is 4.19. The van der Waals surface area contributed by atoms with Crippen molar-refractivity contribution >= 4 is 9.05 Å². The third-order valence-electron chi connectivity index (χ3n) is 0.204. The first-order valence-corrected chi connectivity index (χ1v) is 4.09. The summed E-state index contributed by atoms with van der Waals surface area (Å²) in [6, 6.07) is 0. The molecule has 0 unspecified atom stereocenters. The van der Waals surface area contributed by atoms with Crippen molar-refractivity contribution in [3.63, 3.8) is 0 Å². The Morgan fingerprint density at radius 3 is 1.30 bits per heavy atom. The van der Waals surface area contributed by atoms with E-state index < -0.39 is 9.05 Å². The normalized spacial score (nSPS) is 9.00. The smallest absolute Gasteiger partial charge is 0.368 e. The van der Waals surface area contributed by atoms with E-state index in [1.165, 1.54) is 0 Å². The third kappa shape index (κ3) is 142. The molecule has 0 spiro atoms. The number of hydrogen-bond donors (Lipinski definition) is 5. The predicted molar refractivity (Wildman–Crippen MR) is 33.7 cm³/mol. The summed E-state index contributed by atoms with van der Waals surface area (Å²) in [5.74, 6) is 0. The van der Waals surface area contributed by atoms with Gasteiger partial charge in [0.25, 0.3) is 0 Å². The Morgan fingerprint density at radius 1 is 1.20 bits per heavy atom. The van der Waals surface area contributed by atoms with Gasteiger partial charge in [0.15, 0.2) is 0 Å². The van der Waals surface area contributed by atoms with Crippen LogP contribution in [0.4, 0.5) is 0 Å². The van der Waals surface area contributed by atoms with Crippen LogP contribution in [0.25, 0.3) is 0 Å². The second-order valence-electron chi connectivity index (χ2n) is 1.24. The molecule has 0 radical (unpaired) electrons. The van der Waals surface area contributed by atoms with Gasteiger partial charge in [-0.3, -0.25) is 0 Å². The molecule has 0 rings (SSSR count). The fourth-order valence-electron chi connectivity index (χ4n) is 0. The van der Waals surface area contributed by atoms with Gasteiger partial charge in [0.1, 0.15) is 0 Å². The maximum Gasteiger partial charge on any atom is 1.00 e. The summed E-state index contributed by atoms with van der Waals surface area (Å²) in [4.78, 5) is 29.3. The summed E-state index contributed by atoms with van der Waals surface area (Å²) in [6.07, 6.45) is 0.847. The molecule has 7 heteroatoms. The summed E-state index contributed by atoms with van der Waals surface area (Å²) < 4.78 is 0. The monoisotopic (exact) mass is 177 g/mol. The second-order valence-corrected chi connectivity index (χ2v) is 2.44. The van der Waals surface area contributed by atoms with Gasteiger partial charge in [0.05, 0.1) is 0 Å². The van der Waals surface area contributed by atoms with Crippen LogP contribution in [0.15, 0.2) is 0 Å². The molecule has 10 heavy (non-hydrogen) atoms. The molecule has 0 aliphatic carbocycles. The Kier molecular flexibility index (Phi) is 17.2. The van der Waals surface area contributed by atoms with Crippen LogP contribution in [0.3, 0.4) is 0 Å². The quantitative estimate of drug-likeness (QED) is 0.203. The molecule has 58 valence electrons. The largest absolute Gasteiger partial charge is 1.00 e. The van der Waals surface area contributed by atoms with E-state index >= 15 is 0 Å². The van der Waals surface area contributed by atoms with Crippen molar-refractivity contribution in [3.8, 4) is 0 Å². The van der Waals surface area contributed by atoms with Crippen LogP contribution in [0.5, 0.6) is 0 Å². The molecule has 0 fully saturated rings. The average molecular weight is 177 g/mol. The molecular weight excluding hydrogens is 165 g/mol. The van der Waals surface area contributed by atoms with E-state index in [1.807, 2.05) is 0 Å². The minimum Gasteiger partial charge on any atom is -0.368 e. The van der Waals surface area contributed by atoms with Crippen molar-refractivity contribution in [2.75, 3.05) is 6.54 Å². The standard InChI is InChI=1S/C3H8N.Na.H4O4Si/c1-2-3-4;;1-5(2,3)4/h1-4H2;;1-4H/q-1;+1;. The SMILES string of the molecule is O[Si](O)(O)O.[CH2-]CCN.[Na+]. The Hall–Kier alpha value is 1.02. The van der Waals surface area contributed by atoms with Crippen molar-refractivity contribution in [3.05, 3.63) is 6.92 Å². The van der Waals surface area contributed by atoms with Crippen molar-refractivity contribution in [2.45, 2.75) is 6.42 Å². The zero-order chi connectivity index (χ0) is 7.91. The Morgan fingerprint density at radius 2 is 1.30 bits per heavy atom. The number of rotatable bonds is 1. The van der Waals surface area contributed by atoms with Crippen molar-refractivity contribution in [2.24, 2.45) is 5.73 Å². The van der Waals surface area contributed by atoms with Crippen molar-refractivity contribution < 1.29 is 48.7 Å². The molecule has 6 N–H and O–H groups in total. The molecule has 0 aliphatic heterocycles. The van der Waals surface area contributed by atoms with E-state index in [-0.39, 0.29) is 29.6 Å². The summed E-state index contributed by atoms with van der Waals surface area (Å²) in [7, 11) is -4.61. The van der Waals surface area contributed by atoms with E-state index in [9.17, 15) is 0 Å². The first kappa shape index (κ1) is 17.2. The van der Waals surface area contributed by atoms with Gasteiger partial charge in [-0.2, -0.15) is 6.42 Å². The van der Waals surface area contributed by atoms with Crippen molar-refractivity contribution in [1.82, 2.24) is 0 Å². The number of hydrogen-bond acceptors (Lipinski definition) is 5. The van der Waals surface area contributed by atoms with Gasteiger partial charge in [-0.25, -0.2) is 0 Å². The molecule has 0 aliphatic rings. The van der Waals surface area contributed by atoms with Gasteiger partial charge in [-0.15, -0.1) is 0 Å². The van der Waals surface area contributed by atoms with Gasteiger partial charge in [0, 0.05) is 0 Å². The van der Waals surface area contributed by atoms with Crippen LogP contribution in [0.1, 0.15) is 6.42 Å². The van der Waals surface area contributed by atoms with Crippen molar-refractivity contribution in [1.29, 1.82) is 0 Å². The van der Waals surface area contributed by atoms with E-state index in [0.29, 0.717) is 6.54 Å². The molecule has 0 aromatic rings. The van der Waals surface area contributed by atoms with E-state index in [4.69, 9.17) is 24.9 Å². The predicted octanol–water partition coefficient (Wildman–Crippen LogP) is -5.44. The molecular formula is C3H12NNaO4Si. The van der Waals surface area contributed by atoms with Crippen LogP contribution in [-0.4, -0.2) is 34.8 Å². The van der Waals surface area contributed by atoms with Gasteiger partial charge < -0.3 is 31.8 Å². The maximum absolute atomic E-state index is 7.33.